The monoisotopic (exact) mass is 808 g/mol. The van der Waals surface area contributed by atoms with Crippen molar-refractivity contribution in [1.82, 2.24) is 0 Å². The summed E-state index contributed by atoms with van der Waals surface area (Å²) >= 11 is 0. The standard InChI is InChI=1S/C41H76O8Si4/c1-27-38(48-52(10,11)12)34(46-50(4,5)6)25-37(44-27)45-30-18-20-39(2)29(23-30)16-17-32-33(39)24-35(47-51(7,8)9)40(3)31(28-22-36(42)43-26-28)19-21-41(32,40)49-53(13,14)15/h22,27,29-35,37-38H,16-21,23-26H2,1-15H3/t27-,29-,30+,31-,32-,33+,34+,35-,37?,38-,39+,40+,41+/m1/s1. The van der Waals surface area contributed by atoms with Gasteiger partial charge in [0, 0.05) is 17.9 Å². The maximum atomic E-state index is 12.5. The van der Waals surface area contributed by atoms with Gasteiger partial charge in [0.25, 0.3) is 0 Å². The Labute approximate surface area is 327 Å². The topological polar surface area (TPSA) is 81.7 Å². The molecule has 8 nitrogen and oxygen atoms in total. The summed E-state index contributed by atoms with van der Waals surface area (Å²) < 4.78 is 47.8. The molecule has 1 saturated heterocycles. The minimum absolute atomic E-state index is 0.00578. The van der Waals surface area contributed by atoms with Crippen molar-refractivity contribution >= 4 is 39.2 Å². The second kappa shape index (κ2) is 14.6. The maximum Gasteiger partial charge on any atom is 0.331 e. The van der Waals surface area contributed by atoms with Gasteiger partial charge in [0.1, 0.15) is 6.61 Å². The van der Waals surface area contributed by atoms with Crippen LogP contribution in [0.3, 0.4) is 0 Å². The maximum absolute atomic E-state index is 12.5. The second-order valence-electron chi connectivity index (χ2n) is 22.3. The van der Waals surface area contributed by atoms with Crippen LogP contribution in [0.25, 0.3) is 0 Å². The molecule has 0 radical (unpaired) electrons. The average Bonchev–Trinajstić information content (AvgIpc) is 3.53. The summed E-state index contributed by atoms with van der Waals surface area (Å²) in [4.78, 5) is 12.5. The quantitative estimate of drug-likeness (QED) is 0.116. The minimum atomic E-state index is -1.99. The highest BCUT2D eigenvalue weighted by Crippen LogP contribution is 2.72. The molecule has 0 aromatic carbocycles. The van der Waals surface area contributed by atoms with E-state index in [9.17, 15) is 4.79 Å². The molecule has 0 bridgehead atoms. The van der Waals surface area contributed by atoms with Gasteiger partial charge in [-0.05, 0) is 172 Å². The summed E-state index contributed by atoms with van der Waals surface area (Å²) in [5, 5.41) is 0. The number of rotatable bonds is 11. The number of hydrogen-bond acceptors (Lipinski definition) is 8. The molecule has 0 N–H and O–H groups in total. The van der Waals surface area contributed by atoms with Crippen LogP contribution in [0.15, 0.2) is 11.6 Å². The Kier molecular flexibility index (Phi) is 11.7. The molecule has 1 unspecified atom stereocenters. The van der Waals surface area contributed by atoms with Gasteiger partial charge in [-0.1, -0.05) is 13.8 Å². The first-order valence-electron chi connectivity index (χ1n) is 21.1. The second-order valence-corrected chi connectivity index (χ2v) is 40.1. The van der Waals surface area contributed by atoms with E-state index in [4.69, 9.17) is 31.9 Å². The third-order valence-electron chi connectivity index (χ3n) is 13.9. The first-order valence-corrected chi connectivity index (χ1v) is 34.8. The zero-order chi connectivity index (χ0) is 39.2. The number of ether oxygens (including phenoxy) is 3. The molecule has 0 aromatic heterocycles. The van der Waals surface area contributed by atoms with Gasteiger partial charge in [-0.25, -0.2) is 4.79 Å². The first-order chi connectivity index (χ1) is 24.2. The van der Waals surface area contributed by atoms with E-state index in [-0.39, 0.29) is 65.1 Å². The van der Waals surface area contributed by atoms with Crippen molar-refractivity contribution < 1.29 is 36.7 Å². The van der Waals surface area contributed by atoms with E-state index in [1.807, 2.05) is 0 Å². The predicted molar refractivity (Wildman–Crippen MR) is 222 cm³/mol. The number of carbonyl (C=O) groups is 1. The zero-order valence-corrected chi connectivity index (χ0v) is 40.2. The van der Waals surface area contributed by atoms with Gasteiger partial charge < -0.3 is 31.9 Å². The van der Waals surface area contributed by atoms with Gasteiger partial charge >= 0.3 is 5.97 Å². The van der Waals surface area contributed by atoms with Crippen molar-refractivity contribution in [2.24, 2.45) is 34.5 Å². The molecule has 4 saturated carbocycles. The lowest BCUT2D eigenvalue weighted by Gasteiger charge is -2.68. The highest BCUT2D eigenvalue weighted by atomic mass is 28.4. The lowest BCUT2D eigenvalue weighted by molar-refractivity contribution is -0.269. The number of carbonyl (C=O) groups excluding carboxylic acids is 1. The van der Waals surface area contributed by atoms with Crippen molar-refractivity contribution in [3.63, 3.8) is 0 Å². The third kappa shape index (κ3) is 8.67. The summed E-state index contributed by atoms with van der Waals surface area (Å²) in [5.41, 5.74) is 0.841. The molecule has 0 amide bonds. The van der Waals surface area contributed by atoms with Crippen LogP contribution >= 0.6 is 0 Å². The molecule has 0 aromatic rings. The van der Waals surface area contributed by atoms with Gasteiger partial charge in [-0.15, -0.1) is 0 Å². The van der Waals surface area contributed by atoms with Gasteiger partial charge in [0.05, 0.1) is 36.1 Å². The first kappa shape index (κ1) is 42.4. The van der Waals surface area contributed by atoms with Gasteiger partial charge in [0.2, 0.25) is 0 Å². The third-order valence-corrected chi connectivity index (χ3v) is 17.9. The predicted octanol–water partition coefficient (Wildman–Crippen LogP) is 9.89. The number of fused-ring (bicyclic) bond motifs is 5. The normalized spacial score (nSPS) is 43.8. The summed E-state index contributed by atoms with van der Waals surface area (Å²) in [6.45, 7) is 35.4. The fourth-order valence-electron chi connectivity index (χ4n) is 12.2. The smallest absolute Gasteiger partial charge is 0.331 e. The average molecular weight is 809 g/mol. The molecule has 6 rings (SSSR count). The number of hydrogen-bond donors (Lipinski definition) is 0. The van der Waals surface area contributed by atoms with E-state index in [1.165, 1.54) is 12.8 Å². The summed E-state index contributed by atoms with van der Waals surface area (Å²) in [6, 6.07) is 0. The molecule has 5 fully saturated rings. The Morgan fingerprint density at radius 3 is 1.98 bits per heavy atom. The van der Waals surface area contributed by atoms with E-state index >= 15 is 0 Å². The molecule has 4 aliphatic carbocycles. The van der Waals surface area contributed by atoms with Crippen LogP contribution in [0.4, 0.5) is 0 Å². The molecule has 53 heavy (non-hydrogen) atoms. The van der Waals surface area contributed by atoms with Crippen LogP contribution < -0.4 is 0 Å². The molecule has 6 aliphatic rings. The number of esters is 1. The van der Waals surface area contributed by atoms with E-state index in [0.717, 1.165) is 50.5 Å². The van der Waals surface area contributed by atoms with Crippen LogP contribution in [0.5, 0.6) is 0 Å². The highest BCUT2D eigenvalue weighted by molar-refractivity contribution is 6.71. The van der Waals surface area contributed by atoms with Crippen molar-refractivity contribution in [3.8, 4) is 0 Å². The van der Waals surface area contributed by atoms with E-state index in [1.54, 1.807) is 6.08 Å². The molecule has 12 heteroatoms. The van der Waals surface area contributed by atoms with Crippen LogP contribution in [0.2, 0.25) is 78.6 Å². The van der Waals surface area contributed by atoms with Gasteiger partial charge in [-0.3, -0.25) is 0 Å². The minimum Gasteiger partial charge on any atom is -0.458 e. The van der Waals surface area contributed by atoms with Gasteiger partial charge in [-0.2, -0.15) is 0 Å². The van der Waals surface area contributed by atoms with Crippen molar-refractivity contribution in [2.75, 3.05) is 6.61 Å². The molecular weight excluding hydrogens is 733 g/mol. The summed E-state index contributed by atoms with van der Waals surface area (Å²) in [6.07, 6.45) is 11.2. The van der Waals surface area contributed by atoms with Crippen LogP contribution in [-0.4, -0.2) is 88.3 Å². The SMILES string of the molecule is C[C@H]1OC(O[C@H]2CC[C@@]3(C)[C@H](CC[C@@H]4[C@@H]3C[C@@H](O[Si](C)(C)C)[C@]3(C)[C@@H](C5=CC(=O)OC5)CC[C@]43O[Si](C)(C)C)C2)C[C@H](O[Si](C)(C)C)[C@@H]1O[Si](C)(C)C. The fourth-order valence-corrected chi connectivity index (χ4v) is 17.3. The largest absolute Gasteiger partial charge is 0.458 e. The Balaban J connectivity index is 1.26. The zero-order valence-electron chi connectivity index (χ0n) is 36.2. The lowest BCUT2D eigenvalue weighted by atomic mass is 9.42. The Morgan fingerprint density at radius 1 is 0.736 bits per heavy atom. The van der Waals surface area contributed by atoms with E-state index in [0.29, 0.717) is 24.4 Å². The molecule has 304 valence electrons. The van der Waals surface area contributed by atoms with Crippen LogP contribution in [0, 0.1) is 34.5 Å². The molecular formula is C41H76O8Si4. The number of cyclic esters (lactones) is 1. The molecule has 13 atom stereocenters. The lowest BCUT2D eigenvalue weighted by Crippen LogP contribution is -2.70. The Morgan fingerprint density at radius 2 is 1.40 bits per heavy atom. The Bertz CT molecular complexity index is 1380. The van der Waals surface area contributed by atoms with E-state index < -0.39 is 33.3 Å². The van der Waals surface area contributed by atoms with Gasteiger partial charge in [0.15, 0.2) is 39.6 Å². The molecule has 2 heterocycles. The summed E-state index contributed by atoms with van der Waals surface area (Å²) in [7, 11) is -7.54. The van der Waals surface area contributed by atoms with E-state index in [2.05, 4.69) is 99.3 Å². The van der Waals surface area contributed by atoms with Crippen LogP contribution in [-0.2, 0) is 36.7 Å². The fraction of sp³-hybridized carbons (Fsp3) is 0.927. The summed E-state index contributed by atoms with van der Waals surface area (Å²) in [5.74, 6) is 1.60. The van der Waals surface area contributed by atoms with Crippen molar-refractivity contribution in [1.29, 1.82) is 0 Å². The van der Waals surface area contributed by atoms with Crippen molar-refractivity contribution in [3.05, 3.63) is 11.6 Å². The highest BCUT2D eigenvalue weighted by Gasteiger charge is 2.73. The van der Waals surface area contributed by atoms with Crippen LogP contribution in [0.1, 0.15) is 78.6 Å². The molecule has 2 aliphatic heterocycles. The van der Waals surface area contributed by atoms with Crippen molar-refractivity contribution in [2.45, 2.75) is 200 Å². The Hall–Kier alpha value is -0.162. The molecule has 0 spiro atoms.